The monoisotopic (exact) mass is 271 g/mol. The maximum atomic E-state index is 4.57. The third-order valence-electron chi connectivity index (χ3n) is 3.66. The van der Waals surface area contributed by atoms with Crippen LogP contribution in [0.25, 0.3) is 0 Å². The first-order valence-corrected chi connectivity index (χ1v) is 7.39. The Kier molecular flexibility index (Phi) is 4.96. The number of hydrogen-bond acceptors (Lipinski definition) is 2. The summed E-state index contributed by atoms with van der Waals surface area (Å²) in [5.74, 6) is 0. The van der Waals surface area contributed by atoms with Crippen LogP contribution >= 0.6 is 0 Å². The smallest absolute Gasteiger partial charge is 0.0797 e. The first-order chi connectivity index (χ1) is 9.60. The van der Waals surface area contributed by atoms with E-state index in [1.165, 1.54) is 16.7 Å². The molecule has 1 atom stereocenters. The fraction of sp³-hybridized carbons (Fsp3) is 0.471. The van der Waals surface area contributed by atoms with Gasteiger partial charge in [-0.15, -0.1) is 0 Å². The standard InChI is InChI=1S/C17H25N3/c1-5-9-18-17(16-8-10-20(4)19-16)12-15-11-13(2)6-7-14(15)3/h6-8,10-11,17-18H,5,9,12H2,1-4H3. The topological polar surface area (TPSA) is 29.9 Å². The van der Waals surface area contributed by atoms with Crippen molar-refractivity contribution in [2.75, 3.05) is 6.54 Å². The van der Waals surface area contributed by atoms with E-state index < -0.39 is 0 Å². The number of rotatable bonds is 6. The van der Waals surface area contributed by atoms with Gasteiger partial charge in [-0.3, -0.25) is 4.68 Å². The molecule has 0 aliphatic rings. The van der Waals surface area contributed by atoms with Gasteiger partial charge in [0.2, 0.25) is 0 Å². The molecule has 0 aliphatic heterocycles. The lowest BCUT2D eigenvalue weighted by molar-refractivity contribution is 0.510. The molecule has 108 valence electrons. The van der Waals surface area contributed by atoms with E-state index >= 15 is 0 Å². The van der Waals surface area contributed by atoms with Crippen LogP contribution in [0.4, 0.5) is 0 Å². The quantitative estimate of drug-likeness (QED) is 0.873. The Morgan fingerprint density at radius 2 is 2.05 bits per heavy atom. The zero-order valence-corrected chi connectivity index (χ0v) is 13.0. The van der Waals surface area contributed by atoms with E-state index in [9.17, 15) is 0 Å². The molecule has 2 rings (SSSR count). The SMILES string of the molecule is CCCNC(Cc1cc(C)ccc1C)c1ccn(C)n1. The maximum absolute atomic E-state index is 4.57. The highest BCUT2D eigenvalue weighted by Gasteiger charge is 2.15. The Labute approximate surface area is 122 Å². The summed E-state index contributed by atoms with van der Waals surface area (Å²) in [5, 5.41) is 8.18. The Morgan fingerprint density at radius 1 is 1.25 bits per heavy atom. The number of benzene rings is 1. The molecule has 3 nitrogen and oxygen atoms in total. The molecule has 20 heavy (non-hydrogen) atoms. The van der Waals surface area contributed by atoms with Crippen LogP contribution in [0.5, 0.6) is 0 Å². The second-order valence-electron chi connectivity index (χ2n) is 5.56. The van der Waals surface area contributed by atoms with E-state index in [1.54, 1.807) is 0 Å². The van der Waals surface area contributed by atoms with E-state index in [2.05, 4.69) is 55.5 Å². The van der Waals surface area contributed by atoms with Crippen molar-refractivity contribution in [3.63, 3.8) is 0 Å². The van der Waals surface area contributed by atoms with Crippen molar-refractivity contribution < 1.29 is 0 Å². The minimum absolute atomic E-state index is 0.289. The summed E-state index contributed by atoms with van der Waals surface area (Å²) in [4.78, 5) is 0. The van der Waals surface area contributed by atoms with Crippen LogP contribution in [0, 0.1) is 13.8 Å². The van der Waals surface area contributed by atoms with Gasteiger partial charge in [0.25, 0.3) is 0 Å². The van der Waals surface area contributed by atoms with Gasteiger partial charge in [-0.05, 0) is 50.4 Å². The molecule has 0 spiro atoms. The molecule has 0 saturated heterocycles. The zero-order valence-electron chi connectivity index (χ0n) is 13.0. The van der Waals surface area contributed by atoms with Gasteiger partial charge in [-0.1, -0.05) is 30.7 Å². The molecule has 3 heteroatoms. The van der Waals surface area contributed by atoms with Crippen LogP contribution in [0.3, 0.4) is 0 Å². The highest BCUT2D eigenvalue weighted by molar-refractivity contribution is 5.31. The molecule has 0 aliphatic carbocycles. The van der Waals surface area contributed by atoms with Gasteiger partial charge in [0.05, 0.1) is 11.7 Å². The Morgan fingerprint density at radius 3 is 2.70 bits per heavy atom. The van der Waals surface area contributed by atoms with Crippen LogP contribution in [-0.4, -0.2) is 16.3 Å². The highest BCUT2D eigenvalue weighted by atomic mass is 15.3. The van der Waals surface area contributed by atoms with E-state index in [-0.39, 0.29) is 6.04 Å². The van der Waals surface area contributed by atoms with Gasteiger partial charge in [0.1, 0.15) is 0 Å². The summed E-state index contributed by atoms with van der Waals surface area (Å²) in [6.45, 7) is 7.55. The fourth-order valence-corrected chi connectivity index (χ4v) is 2.46. The number of nitrogens with zero attached hydrogens (tertiary/aromatic N) is 2. The molecule has 1 N–H and O–H groups in total. The molecule has 0 saturated carbocycles. The fourth-order valence-electron chi connectivity index (χ4n) is 2.46. The van der Waals surface area contributed by atoms with Crippen molar-refractivity contribution >= 4 is 0 Å². The average molecular weight is 271 g/mol. The van der Waals surface area contributed by atoms with Crippen molar-refractivity contribution in [2.24, 2.45) is 7.05 Å². The van der Waals surface area contributed by atoms with E-state index in [0.29, 0.717) is 0 Å². The summed E-state index contributed by atoms with van der Waals surface area (Å²) in [7, 11) is 1.97. The van der Waals surface area contributed by atoms with Gasteiger partial charge >= 0.3 is 0 Å². The Bertz CT molecular complexity index is 557. The van der Waals surface area contributed by atoms with Crippen molar-refractivity contribution in [1.82, 2.24) is 15.1 Å². The van der Waals surface area contributed by atoms with Gasteiger partial charge in [0, 0.05) is 13.2 Å². The molecule has 0 radical (unpaired) electrons. The largest absolute Gasteiger partial charge is 0.308 e. The number of aryl methyl sites for hydroxylation is 3. The molecule has 0 fully saturated rings. The molecule has 1 aromatic heterocycles. The zero-order chi connectivity index (χ0) is 14.5. The van der Waals surface area contributed by atoms with Crippen molar-refractivity contribution in [1.29, 1.82) is 0 Å². The molecular formula is C17H25N3. The lowest BCUT2D eigenvalue weighted by Crippen LogP contribution is -2.25. The molecule has 0 amide bonds. The minimum atomic E-state index is 0.289. The van der Waals surface area contributed by atoms with E-state index in [1.807, 2.05) is 17.9 Å². The lowest BCUT2D eigenvalue weighted by Gasteiger charge is -2.18. The van der Waals surface area contributed by atoms with Crippen LogP contribution in [0.2, 0.25) is 0 Å². The first kappa shape index (κ1) is 14.8. The number of nitrogens with one attached hydrogen (secondary N) is 1. The van der Waals surface area contributed by atoms with Gasteiger partial charge < -0.3 is 5.32 Å². The summed E-state index contributed by atoms with van der Waals surface area (Å²) >= 11 is 0. The summed E-state index contributed by atoms with van der Waals surface area (Å²) in [6.07, 6.45) is 4.14. The van der Waals surface area contributed by atoms with E-state index in [4.69, 9.17) is 0 Å². The average Bonchev–Trinajstić information content (AvgIpc) is 2.85. The van der Waals surface area contributed by atoms with Crippen LogP contribution in [-0.2, 0) is 13.5 Å². The molecular weight excluding hydrogens is 246 g/mol. The van der Waals surface area contributed by atoms with Crippen LogP contribution in [0.1, 0.15) is 41.8 Å². The third kappa shape index (κ3) is 3.70. The predicted molar refractivity (Wildman–Crippen MR) is 83.9 cm³/mol. The maximum Gasteiger partial charge on any atom is 0.0797 e. The molecule has 1 heterocycles. The van der Waals surface area contributed by atoms with Gasteiger partial charge in [0.15, 0.2) is 0 Å². The van der Waals surface area contributed by atoms with Crippen LogP contribution in [0.15, 0.2) is 30.5 Å². The lowest BCUT2D eigenvalue weighted by atomic mass is 9.97. The Hall–Kier alpha value is -1.61. The van der Waals surface area contributed by atoms with Crippen molar-refractivity contribution in [3.05, 3.63) is 52.8 Å². The molecule has 2 aromatic rings. The molecule has 0 bridgehead atoms. The summed E-state index contributed by atoms with van der Waals surface area (Å²) in [6, 6.07) is 9.07. The van der Waals surface area contributed by atoms with Crippen molar-refractivity contribution in [2.45, 2.75) is 39.7 Å². The predicted octanol–water partition coefficient (Wildman–Crippen LogP) is 3.32. The minimum Gasteiger partial charge on any atom is -0.308 e. The molecule has 1 unspecified atom stereocenters. The second-order valence-corrected chi connectivity index (χ2v) is 5.56. The first-order valence-electron chi connectivity index (χ1n) is 7.39. The summed E-state index contributed by atoms with van der Waals surface area (Å²) < 4.78 is 1.87. The normalized spacial score (nSPS) is 12.6. The molecule has 1 aromatic carbocycles. The number of aromatic nitrogens is 2. The summed E-state index contributed by atoms with van der Waals surface area (Å²) in [5.41, 5.74) is 5.21. The van der Waals surface area contributed by atoms with E-state index in [0.717, 1.165) is 25.1 Å². The van der Waals surface area contributed by atoms with Gasteiger partial charge in [-0.25, -0.2) is 0 Å². The van der Waals surface area contributed by atoms with Gasteiger partial charge in [-0.2, -0.15) is 5.10 Å². The number of hydrogen-bond donors (Lipinski definition) is 1. The second kappa shape index (κ2) is 6.71. The third-order valence-corrected chi connectivity index (χ3v) is 3.66. The van der Waals surface area contributed by atoms with Crippen molar-refractivity contribution in [3.8, 4) is 0 Å². The van der Waals surface area contributed by atoms with Crippen LogP contribution < -0.4 is 5.32 Å². The Balaban J connectivity index is 2.21. The highest BCUT2D eigenvalue weighted by Crippen LogP contribution is 2.20.